The summed E-state index contributed by atoms with van der Waals surface area (Å²) >= 11 is 0. The van der Waals surface area contributed by atoms with Crippen LogP contribution in [-0.4, -0.2) is 0 Å². The average Bonchev–Trinajstić information content (AvgIpc) is 2.21. The van der Waals surface area contributed by atoms with Crippen molar-refractivity contribution in [3.63, 3.8) is 0 Å². The summed E-state index contributed by atoms with van der Waals surface area (Å²) in [5.74, 6) is 0. The van der Waals surface area contributed by atoms with Crippen molar-refractivity contribution in [1.82, 2.24) is 0 Å². The summed E-state index contributed by atoms with van der Waals surface area (Å²) in [5, 5.41) is 0. The smallest absolute Gasteiger partial charge is 0.00258 e. The van der Waals surface area contributed by atoms with E-state index in [2.05, 4.69) is 60.7 Å². The quantitative estimate of drug-likeness (QED) is 0.734. The highest BCUT2D eigenvalue weighted by molar-refractivity contribution is 5.86. The summed E-state index contributed by atoms with van der Waals surface area (Å²) in [6, 6.07) is 21.1. The molecule has 17 heavy (non-hydrogen) atoms. The molecule has 0 saturated heterocycles. The lowest BCUT2D eigenvalue weighted by atomic mass is 10.1. The van der Waals surface area contributed by atoms with Gasteiger partial charge in [0.15, 0.2) is 0 Å². The molecule has 0 bridgehead atoms. The van der Waals surface area contributed by atoms with Gasteiger partial charge in [-0.25, -0.2) is 0 Å². The largest absolute Gasteiger partial charge is 0.147 e. The van der Waals surface area contributed by atoms with Crippen LogP contribution >= 0.6 is 49.6 Å². The van der Waals surface area contributed by atoms with Crippen LogP contribution in [0.4, 0.5) is 0 Å². The van der Waals surface area contributed by atoms with E-state index in [4.69, 9.17) is 0 Å². The molecule has 0 atom stereocenters. The molecule has 0 fully saturated rings. The minimum Gasteiger partial charge on any atom is -0.147 e. The van der Waals surface area contributed by atoms with Crippen LogP contribution in [0.5, 0.6) is 0 Å². The highest BCUT2D eigenvalue weighted by Gasteiger charge is 1.92. The van der Waals surface area contributed by atoms with E-state index in [1.807, 2.05) is 0 Å². The maximum absolute atomic E-state index is 2.16. The zero-order chi connectivity index (χ0) is 8.93. The summed E-state index contributed by atoms with van der Waals surface area (Å²) in [6.45, 7) is 0. The first-order chi connectivity index (χ1) is 6.45. The number of hydrogen-bond donors (Lipinski definition) is 0. The molecule has 4 heteroatoms. The fraction of sp³-hybridized carbons (Fsp3) is 0.0769. The SMILES string of the molecule is Cl.Cl.Cl.Cl.c1ccc(Cc2ccccc2)cc1. The minimum absolute atomic E-state index is 0. The average molecular weight is 314 g/mol. The highest BCUT2D eigenvalue weighted by Crippen LogP contribution is 2.07. The molecule has 0 saturated carbocycles. The van der Waals surface area contributed by atoms with Crippen molar-refractivity contribution in [2.75, 3.05) is 0 Å². The molecule has 0 aromatic heterocycles. The van der Waals surface area contributed by atoms with Crippen molar-refractivity contribution in [2.45, 2.75) is 6.42 Å². The Morgan fingerprint density at radius 2 is 0.765 bits per heavy atom. The van der Waals surface area contributed by atoms with E-state index in [0.717, 1.165) is 6.42 Å². The maximum atomic E-state index is 2.16. The van der Waals surface area contributed by atoms with Crippen LogP contribution in [0.15, 0.2) is 60.7 Å². The molecule has 0 nitrogen and oxygen atoms in total. The van der Waals surface area contributed by atoms with Gasteiger partial charge in [0.2, 0.25) is 0 Å². The first-order valence-electron chi connectivity index (χ1n) is 4.53. The fourth-order valence-corrected chi connectivity index (χ4v) is 1.43. The summed E-state index contributed by atoms with van der Waals surface area (Å²) in [4.78, 5) is 0. The van der Waals surface area contributed by atoms with Crippen molar-refractivity contribution < 1.29 is 0 Å². The normalized spacial score (nSPS) is 7.53. The van der Waals surface area contributed by atoms with Gasteiger partial charge in [-0.2, -0.15) is 0 Å². The van der Waals surface area contributed by atoms with Crippen molar-refractivity contribution in [3.05, 3.63) is 71.8 Å². The molecule has 0 spiro atoms. The van der Waals surface area contributed by atoms with Gasteiger partial charge < -0.3 is 0 Å². The molecular formula is C13H16Cl4. The van der Waals surface area contributed by atoms with Crippen LogP contribution in [0.3, 0.4) is 0 Å². The van der Waals surface area contributed by atoms with E-state index >= 15 is 0 Å². The maximum Gasteiger partial charge on any atom is -0.00258 e. The Labute approximate surface area is 127 Å². The molecule has 0 aliphatic carbocycles. The second-order valence-corrected chi connectivity index (χ2v) is 3.15. The molecular weight excluding hydrogens is 298 g/mol. The molecule has 2 aromatic rings. The summed E-state index contributed by atoms with van der Waals surface area (Å²) < 4.78 is 0. The molecule has 0 N–H and O–H groups in total. The van der Waals surface area contributed by atoms with Gasteiger partial charge in [-0.05, 0) is 17.5 Å². The molecule has 0 aliphatic heterocycles. The Kier molecular flexibility index (Phi) is 15.5. The van der Waals surface area contributed by atoms with E-state index in [9.17, 15) is 0 Å². The van der Waals surface area contributed by atoms with E-state index in [1.165, 1.54) is 11.1 Å². The van der Waals surface area contributed by atoms with Crippen molar-refractivity contribution in [3.8, 4) is 0 Å². The Hall–Kier alpha value is -0.400. The third-order valence-corrected chi connectivity index (χ3v) is 2.09. The van der Waals surface area contributed by atoms with E-state index in [1.54, 1.807) is 0 Å². The van der Waals surface area contributed by atoms with Gasteiger partial charge >= 0.3 is 0 Å². The zero-order valence-electron chi connectivity index (χ0n) is 9.11. The third kappa shape index (κ3) is 7.51. The van der Waals surface area contributed by atoms with Crippen LogP contribution in [0.2, 0.25) is 0 Å². The van der Waals surface area contributed by atoms with Gasteiger partial charge in [0.1, 0.15) is 0 Å². The van der Waals surface area contributed by atoms with Crippen LogP contribution in [-0.2, 0) is 6.42 Å². The predicted octanol–water partition coefficient (Wildman–Crippen LogP) is 4.96. The lowest BCUT2D eigenvalue weighted by Gasteiger charge is -2.00. The molecule has 0 aliphatic rings. The number of halogens is 4. The minimum atomic E-state index is 0. The van der Waals surface area contributed by atoms with E-state index in [0.29, 0.717) is 0 Å². The second kappa shape index (κ2) is 12.1. The van der Waals surface area contributed by atoms with Gasteiger partial charge in [-0.3, -0.25) is 0 Å². The number of rotatable bonds is 2. The monoisotopic (exact) mass is 312 g/mol. The van der Waals surface area contributed by atoms with Crippen molar-refractivity contribution in [2.24, 2.45) is 0 Å². The third-order valence-electron chi connectivity index (χ3n) is 2.09. The Balaban J connectivity index is -0.000000490. The molecule has 0 amide bonds. The van der Waals surface area contributed by atoms with Crippen LogP contribution in [0, 0.1) is 0 Å². The highest BCUT2D eigenvalue weighted by atomic mass is 35.5. The van der Waals surface area contributed by atoms with Gasteiger partial charge in [0.05, 0.1) is 0 Å². The zero-order valence-corrected chi connectivity index (χ0v) is 12.4. The van der Waals surface area contributed by atoms with Crippen LogP contribution in [0.25, 0.3) is 0 Å². The molecule has 2 aromatic carbocycles. The van der Waals surface area contributed by atoms with E-state index < -0.39 is 0 Å². The van der Waals surface area contributed by atoms with E-state index in [-0.39, 0.29) is 49.6 Å². The first kappa shape index (κ1) is 21.8. The summed E-state index contributed by atoms with van der Waals surface area (Å²) in [5.41, 5.74) is 2.74. The number of hydrogen-bond acceptors (Lipinski definition) is 0. The van der Waals surface area contributed by atoms with Gasteiger partial charge in [-0.15, -0.1) is 49.6 Å². The second-order valence-electron chi connectivity index (χ2n) is 3.15. The van der Waals surface area contributed by atoms with Gasteiger partial charge in [0.25, 0.3) is 0 Å². The first-order valence-corrected chi connectivity index (χ1v) is 4.53. The van der Waals surface area contributed by atoms with Crippen molar-refractivity contribution >= 4 is 49.6 Å². The molecule has 0 unspecified atom stereocenters. The summed E-state index contributed by atoms with van der Waals surface area (Å²) in [7, 11) is 0. The number of benzene rings is 2. The van der Waals surface area contributed by atoms with Crippen molar-refractivity contribution in [1.29, 1.82) is 0 Å². The topological polar surface area (TPSA) is 0 Å². The predicted molar refractivity (Wildman–Crippen MR) is 84.7 cm³/mol. The Bertz CT molecular complexity index is 324. The van der Waals surface area contributed by atoms with Crippen LogP contribution < -0.4 is 0 Å². The lowest BCUT2D eigenvalue weighted by Crippen LogP contribution is -1.85. The standard InChI is InChI=1S/C13H12.4ClH/c1-3-7-12(8-4-1)11-13-9-5-2-6-10-13;;;;/h1-10H,11H2;4*1H. The molecule has 0 radical (unpaired) electrons. The molecule has 96 valence electrons. The van der Waals surface area contributed by atoms with Crippen LogP contribution in [0.1, 0.15) is 11.1 Å². The molecule has 2 rings (SSSR count). The lowest BCUT2D eigenvalue weighted by molar-refractivity contribution is 1.19. The van der Waals surface area contributed by atoms with Gasteiger partial charge in [0, 0.05) is 0 Å². The Morgan fingerprint density at radius 3 is 1.06 bits per heavy atom. The fourth-order valence-electron chi connectivity index (χ4n) is 1.43. The summed E-state index contributed by atoms with van der Waals surface area (Å²) in [6.07, 6.45) is 1.03. The van der Waals surface area contributed by atoms with Gasteiger partial charge in [-0.1, -0.05) is 60.7 Å². The molecule has 0 heterocycles. The Morgan fingerprint density at radius 1 is 0.471 bits per heavy atom.